The largest absolute Gasteiger partial charge is 0.477 e. The van der Waals surface area contributed by atoms with Crippen molar-refractivity contribution in [1.29, 1.82) is 0 Å². The number of thioether (sulfide) groups is 2. The lowest BCUT2D eigenvalue weighted by Gasteiger charge is -2.50. The highest BCUT2D eigenvalue weighted by atomic mass is 32.2. The van der Waals surface area contributed by atoms with Crippen molar-refractivity contribution in [2.75, 3.05) is 18.5 Å². The third-order valence-electron chi connectivity index (χ3n) is 4.91. The first-order valence-corrected chi connectivity index (χ1v) is 13.7. The molecule has 0 aromatic carbocycles. The van der Waals surface area contributed by atoms with Crippen molar-refractivity contribution in [3.05, 3.63) is 17.6 Å². The predicted octanol–water partition coefficient (Wildman–Crippen LogP) is -1.69. The molecule has 0 aliphatic carbocycles. The topological polar surface area (TPSA) is 231 Å². The maximum absolute atomic E-state index is 12.9. The Kier molecular flexibility index (Phi) is 7.50. The summed E-state index contributed by atoms with van der Waals surface area (Å²) in [6.45, 7) is 1.32. The number of aromatic amines is 1. The van der Waals surface area contributed by atoms with Gasteiger partial charge in [0.05, 0.1) is 12.8 Å². The molecule has 35 heavy (non-hydrogen) atoms. The van der Waals surface area contributed by atoms with Gasteiger partial charge in [-0.05, 0) is 33.4 Å². The van der Waals surface area contributed by atoms with Crippen molar-refractivity contribution < 1.29 is 33.5 Å². The van der Waals surface area contributed by atoms with Gasteiger partial charge in [-0.2, -0.15) is 0 Å². The molecule has 20 heteroatoms. The third kappa shape index (κ3) is 5.53. The number of β-lactam (4-membered cyclic amide) rings is 1. The van der Waals surface area contributed by atoms with Crippen molar-refractivity contribution in [3.8, 4) is 0 Å². The fraction of sp³-hybridized carbons (Fsp3) is 0.533. The van der Waals surface area contributed by atoms with Crippen LogP contribution in [0, 0.1) is 0 Å². The maximum Gasteiger partial charge on any atom is 0.352 e. The number of carbonyl (C=O) groups excluding carboxylic acids is 2. The first-order chi connectivity index (χ1) is 16.7. The molecule has 17 nitrogen and oxygen atoms in total. The minimum Gasteiger partial charge on any atom is -0.477 e. The van der Waals surface area contributed by atoms with Gasteiger partial charge < -0.3 is 19.8 Å². The molecule has 2 amide bonds. The van der Waals surface area contributed by atoms with Gasteiger partial charge in [-0.25, -0.2) is 14.6 Å². The number of amides is 2. The van der Waals surface area contributed by atoms with Crippen LogP contribution in [0.25, 0.3) is 0 Å². The van der Waals surface area contributed by atoms with E-state index in [4.69, 9.17) is 4.52 Å². The number of aliphatic carboxylic acids is 1. The number of rotatable bonds is 11. The predicted molar refractivity (Wildman–Crippen MR) is 118 cm³/mol. The van der Waals surface area contributed by atoms with Gasteiger partial charge in [0.2, 0.25) is 11.1 Å². The number of aromatic nitrogens is 8. The number of nitrogens with one attached hydrogen (secondary N) is 2. The zero-order valence-electron chi connectivity index (χ0n) is 17.9. The summed E-state index contributed by atoms with van der Waals surface area (Å²) in [4.78, 5) is 48.7. The van der Waals surface area contributed by atoms with E-state index < -0.39 is 48.2 Å². The number of tetrazole rings is 2. The summed E-state index contributed by atoms with van der Waals surface area (Å²) in [6.07, 6.45) is 0.809. The van der Waals surface area contributed by atoms with Crippen LogP contribution in [0.2, 0.25) is 0 Å². The van der Waals surface area contributed by atoms with Gasteiger partial charge >= 0.3 is 13.6 Å². The number of fused-ring (bicyclic) bond motifs is 1. The number of H-pyrrole nitrogens is 1. The summed E-state index contributed by atoms with van der Waals surface area (Å²) in [5.74, 6) is -2.42. The van der Waals surface area contributed by atoms with E-state index in [-0.39, 0.29) is 35.3 Å². The van der Waals surface area contributed by atoms with Crippen LogP contribution in [0.1, 0.15) is 6.92 Å². The molecule has 2 aliphatic rings. The SMILES string of the molecule is CCOP(=O)(O)CC(Sc1nnn[nH]1)C1=C(C(=O)O)N2C(=O)[C@@H](NC(=O)Cn3cnnn3)[C@@H]2SC1. The lowest BCUT2D eigenvalue weighted by atomic mass is 10.0. The van der Waals surface area contributed by atoms with E-state index in [0.717, 1.165) is 16.7 Å². The van der Waals surface area contributed by atoms with E-state index in [1.54, 1.807) is 6.92 Å². The Balaban J connectivity index is 1.57. The number of nitrogens with zero attached hydrogens (tertiary/aromatic N) is 8. The minimum atomic E-state index is -4.10. The van der Waals surface area contributed by atoms with Crippen LogP contribution >= 0.6 is 31.1 Å². The number of carboxylic acids is 1. The van der Waals surface area contributed by atoms with E-state index >= 15 is 0 Å². The molecule has 0 radical (unpaired) electrons. The Bertz CT molecular complexity index is 1180. The first-order valence-electron chi connectivity index (χ1n) is 9.98. The molecule has 1 saturated heterocycles. The molecule has 188 valence electrons. The molecule has 4 atom stereocenters. The van der Waals surface area contributed by atoms with E-state index in [2.05, 4.69) is 41.5 Å². The molecule has 0 saturated carbocycles. The normalized spacial score (nSPS) is 22.2. The average Bonchev–Trinajstić information content (AvgIpc) is 3.50. The lowest BCUT2D eigenvalue weighted by Crippen LogP contribution is -2.71. The molecule has 2 unspecified atom stereocenters. The summed E-state index contributed by atoms with van der Waals surface area (Å²) >= 11 is 2.17. The lowest BCUT2D eigenvalue weighted by molar-refractivity contribution is -0.150. The number of carbonyl (C=O) groups is 3. The Labute approximate surface area is 204 Å². The van der Waals surface area contributed by atoms with Gasteiger partial charge in [0.15, 0.2) is 0 Å². The maximum atomic E-state index is 12.9. The summed E-state index contributed by atoms with van der Waals surface area (Å²) in [6, 6.07) is -0.947. The van der Waals surface area contributed by atoms with Crippen molar-refractivity contribution in [2.45, 2.75) is 35.3 Å². The van der Waals surface area contributed by atoms with Crippen LogP contribution in [-0.4, -0.2) is 109 Å². The van der Waals surface area contributed by atoms with E-state index in [0.29, 0.717) is 0 Å². The van der Waals surface area contributed by atoms with Crippen LogP contribution in [-0.2, 0) is 30.0 Å². The van der Waals surface area contributed by atoms with E-state index in [9.17, 15) is 28.9 Å². The minimum absolute atomic E-state index is 0.0205. The quantitative estimate of drug-likeness (QED) is 0.140. The molecule has 0 bridgehead atoms. The zero-order chi connectivity index (χ0) is 25.2. The Morgan fingerprint density at radius 1 is 1.46 bits per heavy atom. The molecule has 4 rings (SSSR count). The second-order valence-corrected chi connectivity index (χ2v) is 11.4. The van der Waals surface area contributed by atoms with Crippen molar-refractivity contribution in [2.24, 2.45) is 0 Å². The molecular formula is C15H19N10O7PS2. The molecule has 4 N–H and O–H groups in total. The highest BCUT2D eigenvalue weighted by molar-refractivity contribution is 8.01. The van der Waals surface area contributed by atoms with Gasteiger partial charge in [-0.15, -0.1) is 22.0 Å². The highest BCUT2D eigenvalue weighted by Crippen LogP contribution is 2.50. The standard InChI is InChI=1S/C15H19N10O7PS2/c1-2-32-33(30,31)4-8(35-15-18-21-22-19-15)7-5-34-13-10(12(27)25(13)11(7)14(28)29)17-9(26)3-24-6-16-20-23-24/h6,8,10,13H,2-5H2,1H3,(H,17,26)(H,28,29)(H,30,31)(H,18,19,21,22)/t8?,10-,13+/m1/s1. The van der Waals surface area contributed by atoms with Crippen LogP contribution in [0.3, 0.4) is 0 Å². The number of carboxylic acid groups (broad SMARTS) is 1. The monoisotopic (exact) mass is 546 g/mol. The first kappa shape index (κ1) is 25.2. The summed E-state index contributed by atoms with van der Waals surface area (Å²) < 4.78 is 18.7. The number of hydrogen-bond donors (Lipinski definition) is 4. The molecule has 0 spiro atoms. The van der Waals surface area contributed by atoms with Crippen LogP contribution in [0.5, 0.6) is 0 Å². The molecule has 4 heterocycles. The fourth-order valence-electron chi connectivity index (χ4n) is 3.53. The zero-order valence-corrected chi connectivity index (χ0v) is 20.4. The fourth-order valence-corrected chi connectivity index (χ4v) is 7.85. The molecular weight excluding hydrogens is 527 g/mol. The summed E-state index contributed by atoms with van der Waals surface area (Å²) in [5.41, 5.74) is -0.0767. The third-order valence-corrected chi connectivity index (χ3v) is 9.08. The second kappa shape index (κ2) is 10.4. The van der Waals surface area contributed by atoms with E-state index in [1.807, 2.05) is 0 Å². The smallest absolute Gasteiger partial charge is 0.352 e. The Morgan fingerprint density at radius 3 is 2.89 bits per heavy atom. The summed E-state index contributed by atoms with van der Waals surface area (Å²) in [7, 11) is -4.10. The van der Waals surface area contributed by atoms with Crippen LogP contribution in [0.15, 0.2) is 22.8 Å². The van der Waals surface area contributed by atoms with Gasteiger partial charge in [0.25, 0.3) is 5.91 Å². The number of hydrogen-bond acceptors (Lipinski definition) is 13. The van der Waals surface area contributed by atoms with Crippen LogP contribution in [0.4, 0.5) is 0 Å². The van der Waals surface area contributed by atoms with E-state index in [1.165, 1.54) is 22.8 Å². The van der Waals surface area contributed by atoms with Gasteiger partial charge in [0, 0.05) is 11.0 Å². The van der Waals surface area contributed by atoms with Crippen molar-refractivity contribution in [1.82, 2.24) is 51.0 Å². The van der Waals surface area contributed by atoms with Crippen molar-refractivity contribution >= 4 is 48.9 Å². The van der Waals surface area contributed by atoms with Gasteiger partial charge in [-0.1, -0.05) is 11.8 Å². The Morgan fingerprint density at radius 2 is 2.26 bits per heavy atom. The van der Waals surface area contributed by atoms with Crippen molar-refractivity contribution in [3.63, 3.8) is 0 Å². The van der Waals surface area contributed by atoms with Crippen LogP contribution < -0.4 is 5.32 Å². The summed E-state index contributed by atoms with van der Waals surface area (Å²) in [5, 5.41) is 34.8. The molecule has 2 aromatic heterocycles. The molecule has 2 aliphatic heterocycles. The molecule has 2 aromatic rings. The second-order valence-electron chi connectivity index (χ2n) is 7.19. The highest BCUT2D eigenvalue weighted by Gasteiger charge is 2.55. The molecule has 1 fully saturated rings. The average molecular weight is 546 g/mol. The van der Waals surface area contributed by atoms with Gasteiger partial charge in [-0.3, -0.25) is 19.1 Å². The van der Waals surface area contributed by atoms with Gasteiger partial charge in [0.1, 0.15) is 30.0 Å². The Hall–Kier alpha value is -2.86.